The highest BCUT2D eigenvalue weighted by atomic mass is 15.2. The van der Waals surface area contributed by atoms with E-state index in [0.717, 1.165) is 18.0 Å². The predicted molar refractivity (Wildman–Crippen MR) is 72.2 cm³/mol. The molecular weight excluding hydrogens is 208 g/mol. The van der Waals surface area contributed by atoms with Gasteiger partial charge in [-0.3, -0.25) is 0 Å². The molecule has 3 atom stereocenters. The molecule has 3 unspecified atom stereocenters. The van der Waals surface area contributed by atoms with Crippen LogP contribution < -0.4 is 5.32 Å². The Hall–Kier alpha value is -0.0800. The molecule has 0 aromatic heterocycles. The predicted octanol–water partition coefficient (Wildman–Crippen LogP) is 2.78. The lowest BCUT2D eigenvalue weighted by atomic mass is 9.85. The maximum Gasteiger partial charge on any atom is 0.0124 e. The number of rotatable bonds is 3. The zero-order valence-corrected chi connectivity index (χ0v) is 11.2. The summed E-state index contributed by atoms with van der Waals surface area (Å²) in [6.07, 6.45) is 13.1. The lowest BCUT2D eigenvalue weighted by Gasteiger charge is -2.33. The van der Waals surface area contributed by atoms with Gasteiger partial charge in [0.2, 0.25) is 0 Å². The second-order valence-corrected chi connectivity index (χ2v) is 6.37. The minimum Gasteiger partial charge on any atom is -0.314 e. The Morgan fingerprint density at radius 1 is 0.941 bits per heavy atom. The van der Waals surface area contributed by atoms with Crippen molar-refractivity contribution in [2.75, 3.05) is 19.6 Å². The molecule has 0 aromatic carbocycles. The fourth-order valence-corrected chi connectivity index (χ4v) is 4.27. The van der Waals surface area contributed by atoms with Crippen molar-refractivity contribution in [2.45, 2.75) is 69.9 Å². The third-order valence-electron chi connectivity index (χ3n) is 5.30. The van der Waals surface area contributed by atoms with Crippen molar-refractivity contribution in [3.63, 3.8) is 0 Å². The molecule has 2 heterocycles. The van der Waals surface area contributed by atoms with Gasteiger partial charge in [0.25, 0.3) is 0 Å². The van der Waals surface area contributed by atoms with Crippen molar-refractivity contribution in [1.82, 2.24) is 10.2 Å². The van der Waals surface area contributed by atoms with Crippen LogP contribution in [-0.4, -0.2) is 36.6 Å². The first kappa shape index (κ1) is 12.0. The lowest BCUT2D eigenvalue weighted by Crippen LogP contribution is -2.40. The maximum absolute atomic E-state index is 3.69. The van der Waals surface area contributed by atoms with E-state index >= 15 is 0 Å². The van der Waals surface area contributed by atoms with Crippen LogP contribution >= 0.6 is 0 Å². The summed E-state index contributed by atoms with van der Waals surface area (Å²) in [6, 6.07) is 1.79. The lowest BCUT2D eigenvalue weighted by molar-refractivity contribution is 0.172. The van der Waals surface area contributed by atoms with E-state index in [1.165, 1.54) is 77.4 Å². The summed E-state index contributed by atoms with van der Waals surface area (Å²) in [5, 5.41) is 3.69. The van der Waals surface area contributed by atoms with E-state index in [2.05, 4.69) is 10.2 Å². The average Bonchev–Trinajstić information content (AvgIpc) is 2.81. The van der Waals surface area contributed by atoms with Gasteiger partial charge >= 0.3 is 0 Å². The molecule has 0 radical (unpaired) electrons. The van der Waals surface area contributed by atoms with Crippen LogP contribution in [0.3, 0.4) is 0 Å². The van der Waals surface area contributed by atoms with Crippen molar-refractivity contribution in [3.05, 3.63) is 0 Å². The van der Waals surface area contributed by atoms with Crippen LogP contribution in [-0.2, 0) is 0 Å². The standard InChI is InChI=1S/C15H28N2/c1-2-7-15-13(5-1)8-11-17(15)12-9-14-6-3-4-10-16-14/h13-16H,1-12H2. The Kier molecular flexibility index (Phi) is 4.02. The Balaban J connectivity index is 1.45. The molecule has 98 valence electrons. The summed E-state index contributed by atoms with van der Waals surface area (Å²) in [5.74, 6) is 1.06. The first-order valence-electron chi connectivity index (χ1n) is 7.91. The molecule has 2 heteroatoms. The van der Waals surface area contributed by atoms with Crippen molar-refractivity contribution < 1.29 is 0 Å². The smallest absolute Gasteiger partial charge is 0.0124 e. The second kappa shape index (κ2) is 5.71. The van der Waals surface area contributed by atoms with Crippen LogP contribution in [0.5, 0.6) is 0 Å². The molecule has 0 bridgehead atoms. The molecule has 3 aliphatic rings. The molecule has 0 aromatic rings. The normalized spacial score (nSPS) is 39.2. The first-order chi connectivity index (χ1) is 8.43. The molecule has 1 saturated carbocycles. The van der Waals surface area contributed by atoms with Gasteiger partial charge in [-0.2, -0.15) is 0 Å². The van der Waals surface area contributed by atoms with Crippen LogP contribution in [0.15, 0.2) is 0 Å². The Morgan fingerprint density at radius 2 is 1.82 bits per heavy atom. The summed E-state index contributed by atoms with van der Waals surface area (Å²) in [4.78, 5) is 2.82. The highest BCUT2D eigenvalue weighted by Gasteiger charge is 2.35. The molecule has 2 nitrogen and oxygen atoms in total. The summed E-state index contributed by atoms with van der Waals surface area (Å²) in [6.45, 7) is 4.01. The van der Waals surface area contributed by atoms with Crippen molar-refractivity contribution in [2.24, 2.45) is 5.92 Å². The number of fused-ring (bicyclic) bond motifs is 1. The van der Waals surface area contributed by atoms with Gasteiger partial charge in [-0.25, -0.2) is 0 Å². The van der Waals surface area contributed by atoms with Crippen molar-refractivity contribution in [1.29, 1.82) is 0 Å². The van der Waals surface area contributed by atoms with Gasteiger partial charge in [-0.15, -0.1) is 0 Å². The Morgan fingerprint density at radius 3 is 2.71 bits per heavy atom. The maximum atomic E-state index is 3.69. The topological polar surface area (TPSA) is 15.3 Å². The van der Waals surface area contributed by atoms with Gasteiger partial charge in [0.15, 0.2) is 0 Å². The second-order valence-electron chi connectivity index (χ2n) is 6.37. The molecular formula is C15H28N2. The van der Waals surface area contributed by atoms with Crippen LogP contribution in [0.2, 0.25) is 0 Å². The number of hydrogen-bond donors (Lipinski definition) is 1. The van der Waals surface area contributed by atoms with Gasteiger partial charge in [-0.1, -0.05) is 19.3 Å². The SMILES string of the molecule is C1CCC(CCN2CCC3CCCCC32)NC1. The third-order valence-corrected chi connectivity index (χ3v) is 5.30. The molecule has 0 amide bonds. The third kappa shape index (κ3) is 2.85. The monoisotopic (exact) mass is 236 g/mol. The minimum atomic E-state index is 0.825. The number of likely N-dealkylation sites (tertiary alicyclic amines) is 1. The quantitative estimate of drug-likeness (QED) is 0.810. The average molecular weight is 236 g/mol. The molecule has 3 fully saturated rings. The number of hydrogen-bond acceptors (Lipinski definition) is 2. The molecule has 2 aliphatic heterocycles. The minimum absolute atomic E-state index is 0.825. The zero-order valence-electron chi connectivity index (χ0n) is 11.2. The molecule has 2 saturated heterocycles. The van der Waals surface area contributed by atoms with Crippen LogP contribution in [0.25, 0.3) is 0 Å². The Labute approximate surface area is 106 Å². The van der Waals surface area contributed by atoms with Gasteiger partial charge in [0, 0.05) is 12.1 Å². The molecule has 1 N–H and O–H groups in total. The van der Waals surface area contributed by atoms with Gasteiger partial charge in [-0.05, 0) is 64.1 Å². The van der Waals surface area contributed by atoms with E-state index in [1.807, 2.05) is 0 Å². The molecule has 17 heavy (non-hydrogen) atoms. The first-order valence-corrected chi connectivity index (χ1v) is 7.91. The van der Waals surface area contributed by atoms with E-state index in [1.54, 1.807) is 0 Å². The van der Waals surface area contributed by atoms with Crippen molar-refractivity contribution in [3.8, 4) is 0 Å². The molecule has 1 aliphatic carbocycles. The largest absolute Gasteiger partial charge is 0.314 e. The van der Waals surface area contributed by atoms with Gasteiger partial charge in [0.05, 0.1) is 0 Å². The number of nitrogens with one attached hydrogen (secondary N) is 1. The fraction of sp³-hybridized carbons (Fsp3) is 1.00. The summed E-state index contributed by atoms with van der Waals surface area (Å²) >= 11 is 0. The van der Waals surface area contributed by atoms with E-state index in [-0.39, 0.29) is 0 Å². The summed E-state index contributed by atoms with van der Waals surface area (Å²) < 4.78 is 0. The zero-order chi connectivity index (χ0) is 11.5. The van der Waals surface area contributed by atoms with Gasteiger partial charge < -0.3 is 10.2 Å². The van der Waals surface area contributed by atoms with Gasteiger partial charge in [0.1, 0.15) is 0 Å². The van der Waals surface area contributed by atoms with E-state index in [0.29, 0.717) is 0 Å². The van der Waals surface area contributed by atoms with Crippen LogP contribution in [0.1, 0.15) is 57.8 Å². The van der Waals surface area contributed by atoms with Crippen molar-refractivity contribution >= 4 is 0 Å². The highest BCUT2D eigenvalue weighted by molar-refractivity contribution is 4.90. The highest BCUT2D eigenvalue weighted by Crippen LogP contribution is 2.36. The van der Waals surface area contributed by atoms with E-state index in [9.17, 15) is 0 Å². The number of nitrogens with zero attached hydrogens (tertiary/aromatic N) is 1. The Bertz CT molecular complexity index is 235. The summed E-state index contributed by atoms with van der Waals surface area (Å²) in [5.41, 5.74) is 0. The summed E-state index contributed by atoms with van der Waals surface area (Å²) in [7, 11) is 0. The van der Waals surface area contributed by atoms with E-state index < -0.39 is 0 Å². The van der Waals surface area contributed by atoms with E-state index in [4.69, 9.17) is 0 Å². The van der Waals surface area contributed by atoms with Crippen LogP contribution in [0, 0.1) is 5.92 Å². The van der Waals surface area contributed by atoms with Crippen LogP contribution in [0.4, 0.5) is 0 Å². The molecule has 3 rings (SSSR count). The number of piperidine rings is 1. The fourth-order valence-electron chi connectivity index (χ4n) is 4.27. The molecule has 0 spiro atoms.